The van der Waals surface area contributed by atoms with Crippen LogP contribution in [0, 0.1) is 0 Å². The SMILES string of the molecule is COc1cc(Cc2cc(OC)cc(-c3cc4ccccc4cn3)c2)cc(-c2cc3ccccc3cn2)c1. The second kappa shape index (κ2) is 9.75. The first-order valence-electron chi connectivity index (χ1n) is 12.2. The predicted molar refractivity (Wildman–Crippen MR) is 150 cm³/mol. The molecule has 0 N–H and O–H groups in total. The summed E-state index contributed by atoms with van der Waals surface area (Å²) in [7, 11) is 3.40. The maximum atomic E-state index is 5.66. The fraction of sp³-hybridized carbons (Fsp3) is 0.0909. The van der Waals surface area contributed by atoms with E-state index in [4.69, 9.17) is 19.4 Å². The maximum Gasteiger partial charge on any atom is 0.119 e. The third-order valence-electron chi connectivity index (χ3n) is 6.67. The summed E-state index contributed by atoms with van der Waals surface area (Å²) in [6, 6.07) is 33.4. The number of fused-ring (bicyclic) bond motifs is 2. The van der Waals surface area contributed by atoms with Gasteiger partial charge in [-0.3, -0.25) is 9.97 Å². The van der Waals surface area contributed by atoms with E-state index in [9.17, 15) is 0 Å². The van der Waals surface area contributed by atoms with Crippen molar-refractivity contribution in [3.63, 3.8) is 0 Å². The van der Waals surface area contributed by atoms with E-state index >= 15 is 0 Å². The third kappa shape index (κ3) is 4.74. The van der Waals surface area contributed by atoms with Gasteiger partial charge in [0.15, 0.2) is 0 Å². The van der Waals surface area contributed by atoms with Crippen molar-refractivity contribution >= 4 is 21.5 Å². The molecule has 0 atom stereocenters. The van der Waals surface area contributed by atoms with Crippen molar-refractivity contribution in [3.05, 3.63) is 121 Å². The molecule has 6 aromatic rings. The van der Waals surface area contributed by atoms with Crippen LogP contribution in [0.4, 0.5) is 0 Å². The number of rotatable bonds is 6. The average Bonchev–Trinajstić information content (AvgIpc) is 2.96. The van der Waals surface area contributed by atoms with Crippen LogP contribution in [-0.2, 0) is 6.42 Å². The van der Waals surface area contributed by atoms with Crippen LogP contribution in [0.2, 0.25) is 0 Å². The van der Waals surface area contributed by atoms with Crippen LogP contribution in [0.5, 0.6) is 11.5 Å². The highest BCUT2D eigenvalue weighted by Crippen LogP contribution is 2.31. The van der Waals surface area contributed by atoms with E-state index < -0.39 is 0 Å². The van der Waals surface area contributed by atoms with Gasteiger partial charge in [0.05, 0.1) is 25.6 Å². The lowest BCUT2D eigenvalue weighted by molar-refractivity contribution is 0.414. The van der Waals surface area contributed by atoms with Crippen molar-refractivity contribution in [1.82, 2.24) is 9.97 Å². The summed E-state index contributed by atoms with van der Waals surface area (Å²) < 4.78 is 11.3. The van der Waals surface area contributed by atoms with Crippen LogP contribution in [0.1, 0.15) is 11.1 Å². The zero-order chi connectivity index (χ0) is 25.2. The average molecular weight is 483 g/mol. The molecule has 0 unspecified atom stereocenters. The summed E-state index contributed by atoms with van der Waals surface area (Å²) in [5, 5.41) is 4.58. The molecule has 37 heavy (non-hydrogen) atoms. The first-order chi connectivity index (χ1) is 18.2. The van der Waals surface area contributed by atoms with Gasteiger partial charge in [0.25, 0.3) is 0 Å². The predicted octanol–water partition coefficient (Wildman–Crippen LogP) is 7.73. The second-order valence-electron chi connectivity index (χ2n) is 9.15. The zero-order valence-electron chi connectivity index (χ0n) is 20.8. The normalized spacial score (nSPS) is 11.1. The largest absolute Gasteiger partial charge is 0.497 e. The Balaban J connectivity index is 1.38. The standard InChI is InChI=1S/C33H26N2O2/c1-36-30-14-22(12-28(16-30)32-18-24-7-3-5-9-26(24)20-34-32)11-23-13-29(17-31(15-23)37-2)33-19-25-8-4-6-10-27(25)21-35-33/h3-10,12-21H,11H2,1-2H3. The molecule has 0 amide bonds. The summed E-state index contributed by atoms with van der Waals surface area (Å²) >= 11 is 0. The number of benzene rings is 4. The molecule has 4 heteroatoms. The van der Waals surface area contributed by atoms with Crippen molar-refractivity contribution < 1.29 is 9.47 Å². The Morgan fingerprint density at radius 1 is 0.514 bits per heavy atom. The molecular weight excluding hydrogens is 456 g/mol. The molecule has 180 valence electrons. The Bertz CT molecular complexity index is 1610. The van der Waals surface area contributed by atoms with Crippen LogP contribution < -0.4 is 9.47 Å². The molecule has 4 nitrogen and oxygen atoms in total. The van der Waals surface area contributed by atoms with Crippen LogP contribution in [-0.4, -0.2) is 24.2 Å². The summed E-state index contributed by atoms with van der Waals surface area (Å²) in [6.45, 7) is 0. The van der Waals surface area contributed by atoms with Gasteiger partial charge < -0.3 is 9.47 Å². The Morgan fingerprint density at radius 3 is 1.38 bits per heavy atom. The minimum Gasteiger partial charge on any atom is -0.497 e. The minimum atomic E-state index is 0.718. The first-order valence-corrected chi connectivity index (χ1v) is 12.2. The van der Waals surface area contributed by atoms with Crippen LogP contribution in [0.25, 0.3) is 44.1 Å². The van der Waals surface area contributed by atoms with Gasteiger partial charge in [-0.25, -0.2) is 0 Å². The van der Waals surface area contributed by atoms with E-state index in [1.165, 1.54) is 0 Å². The monoisotopic (exact) mass is 482 g/mol. The highest BCUT2D eigenvalue weighted by atomic mass is 16.5. The number of pyridine rings is 2. The van der Waals surface area contributed by atoms with Crippen LogP contribution in [0.3, 0.4) is 0 Å². The lowest BCUT2D eigenvalue weighted by Gasteiger charge is -2.12. The highest BCUT2D eigenvalue weighted by molar-refractivity contribution is 5.86. The smallest absolute Gasteiger partial charge is 0.119 e. The number of methoxy groups -OCH3 is 2. The van der Waals surface area contributed by atoms with Crippen molar-refractivity contribution in [2.75, 3.05) is 14.2 Å². The van der Waals surface area contributed by atoms with Gasteiger partial charge in [0.1, 0.15) is 11.5 Å². The number of hydrogen-bond acceptors (Lipinski definition) is 4. The molecule has 0 saturated heterocycles. The third-order valence-corrected chi connectivity index (χ3v) is 6.67. The number of hydrogen-bond donors (Lipinski definition) is 0. The van der Waals surface area contributed by atoms with E-state index in [0.29, 0.717) is 0 Å². The Labute approximate surface area is 216 Å². The van der Waals surface area contributed by atoms with Gasteiger partial charge >= 0.3 is 0 Å². The van der Waals surface area contributed by atoms with Gasteiger partial charge in [-0.2, -0.15) is 0 Å². The van der Waals surface area contributed by atoms with Crippen molar-refractivity contribution in [2.45, 2.75) is 6.42 Å². The van der Waals surface area contributed by atoms with Crippen molar-refractivity contribution in [2.24, 2.45) is 0 Å². The van der Waals surface area contributed by atoms with Gasteiger partial charge in [-0.15, -0.1) is 0 Å². The number of aromatic nitrogens is 2. The fourth-order valence-corrected chi connectivity index (χ4v) is 4.78. The molecule has 0 spiro atoms. The van der Waals surface area contributed by atoms with Gasteiger partial charge in [0.2, 0.25) is 0 Å². The molecule has 6 rings (SSSR count). The molecule has 0 saturated carbocycles. The second-order valence-corrected chi connectivity index (χ2v) is 9.15. The Hall–Kier alpha value is -4.70. The summed E-state index contributed by atoms with van der Waals surface area (Å²) in [6.07, 6.45) is 4.57. The molecular formula is C33H26N2O2. The first kappa shape index (κ1) is 22.7. The van der Waals surface area contributed by atoms with Gasteiger partial charge in [-0.1, -0.05) is 48.5 Å². The molecule has 0 aliphatic heterocycles. The summed E-state index contributed by atoms with van der Waals surface area (Å²) in [4.78, 5) is 9.45. The maximum absolute atomic E-state index is 5.66. The van der Waals surface area contributed by atoms with Crippen molar-refractivity contribution in [3.8, 4) is 34.0 Å². The quantitative estimate of drug-likeness (QED) is 0.244. The van der Waals surface area contributed by atoms with Crippen LogP contribution >= 0.6 is 0 Å². The summed E-state index contributed by atoms with van der Waals surface area (Å²) in [5.74, 6) is 1.61. The van der Waals surface area contributed by atoms with E-state index in [1.54, 1.807) is 14.2 Å². The van der Waals surface area contributed by atoms with E-state index in [-0.39, 0.29) is 0 Å². The highest BCUT2D eigenvalue weighted by Gasteiger charge is 2.10. The topological polar surface area (TPSA) is 44.2 Å². The number of ether oxygens (including phenoxy) is 2. The van der Waals surface area contributed by atoms with E-state index in [2.05, 4.69) is 60.7 Å². The molecule has 0 aliphatic carbocycles. The molecule has 0 bridgehead atoms. The molecule has 4 aromatic carbocycles. The Kier molecular flexibility index (Phi) is 5.99. The molecule has 0 radical (unpaired) electrons. The molecule has 2 heterocycles. The summed E-state index contributed by atoms with van der Waals surface area (Å²) in [5.41, 5.74) is 6.17. The lowest BCUT2D eigenvalue weighted by Crippen LogP contribution is -1.95. The van der Waals surface area contributed by atoms with Crippen LogP contribution in [0.15, 0.2) is 109 Å². The Morgan fingerprint density at radius 2 is 0.946 bits per heavy atom. The van der Waals surface area contributed by atoms with E-state index in [0.717, 1.165) is 73.1 Å². The van der Waals surface area contributed by atoms with E-state index in [1.807, 2.05) is 48.8 Å². The zero-order valence-corrected chi connectivity index (χ0v) is 20.8. The molecule has 2 aromatic heterocycles. The van der Waals surface area contributed by atoms with Gasteiger partial charge in [-0.05, 0) is 76.9 Å². The molecule has 0 aliphatic rings. The minimum absolute atomic E-state index is 0.718. The number of nitrogens with zero attached hydrogens (tertiary/aromatic N) is 2. The van der Waals surface area contributed by atoms with Gasteiger partial charge in [0, 0.05) is 34.3 Å². The lowest BCUT2D eigenvalue weighted by atomic mass is 9.97. The molecule has 0 fully saturated rings. The van der Waals surface area contributed by atoms with Crippen molar-refractivity contribution in [1.29, 1.82) is 0 Å². The fourth-order valence-electron chi connectivity index (χ4n) is 4.78.